The van der Waals surface area contributed by atoms with Crippen LogP contribution < -0.4 is 5.32 Å². The Kier molecular flexibility index (Phi) is 3.05. The van der Waals surface area contributed by atoms with Gasteiger partial charge in [0.1, 0.15) is 6.04 Å². The highest BCUT2D eigenvalue weighted by Crippen LogP contribution is 2.12. The van der Waals surface area contributed by atoms with Crippen LogP contribution in [0.1, 0.15) is 20.3 Å². The molecule has 1 unspecified atom stereocenters. The number of carbonyl (C=O) groups excluding carboxylic acids is 1. The first-order valence-electron chi connectivity index (χ1n) is 4.29. The van der Waals surface area contributed by atoms with Gasteiger partial charge in [0.25, 0.3) is 5.91 Å². The number of carboxylic acids is 1. The number of nitrogens with one attached hydrogen (secondary N) is 1. The zero-order chi connectivity index (χ0) is 10.9. The minimum atomic E-state index is -1.01. The van der Waals surface area contributed by atoms with E-state index in [0.717, 1.165) is 0 Å². The molecule has 1 heterocycles. The van der Waals surface area contributed by atoms with Crippen LogP contribution in [0.4, 0.5) is 0 Å². The van der Waals surface area contributed by atoms with Gasteiger partial charge in [-0.3, -0.25) is 14.5 Å². The fraction of sp³-hybridized carbons (Fsp3) is 0.625. The summed E-state index contributed by atoms with van der Waals surface area (Å²) in [6, 6.07) is -0.747. The summed E-state index contributed by atoms with van der Waals surface area (Å²) in [7, 11) is 0. The lowest BCUT2D eigenvalue weighted by Crippen LogP contribution is -2.37. The molecule has 1 fully saturated rings. The van der Waals surface area contributed by atoms with E-state index in [9.17, 15) is 9.59 Å². The highest BCUT2D eigenvalue weighted by atomic mass is 32.1. The van der Waals surface area contributed by atoms with Gasteiger partial charge in [-0.2, -0.15) is 0 Å². The molecule has 1 amide bonds. The SMILES string of the molecule is CC(C)N1C(=O)C(CC(=O)O)NC1=S. The van der Waals surface area contributed by atoms with Gasteiger partial charge in [-0.15, -0.1) is 0 Å². The molecule has 1 atom stereocenters. The number of carboxylic acid groups (broad SMARTS) is 1. The molecule has 1 saturated heterocycles. The van der Waals surface area contributed by atoms with E-state index in [-0.39, 0.29) is 18.4 Å². The largest absolute Gasteiger partial charge is 0.481 e. The molecule has 1 aliphatic rings. The third-order valence-electron chi connectivity index (χ3n) is 1.95. The molecule has 0 saturated carbocycles. The Balaban J connectivity index is 2.74. The minimum Gasteiger partial charge on any atom is -0.481 e. The molecule has 1 rings (SSSR count). The minimum absolute atomic E-state index is 0.0405. The molecule has 0 bridgehead atoms. The van der Waals surface area contributed by atoms with E-state index >= 15 is 0 Å². The molecule has 2 N–H and O–H groups in total. The number of hydrogen-bond acceptors (Lipinski definition) is 3. The van der Waals surface area contributed by atoms with Gasteiger partial charge >= 0.3 is 5.97 Å². The van der Waals surface area contributed by atoms with Gasteiger partial charge in [0, 0.05) is 6.04 Å². The van der Waals surface area contributed by atoms with Crippen molar-refractivity contribution in [3.05, 3.63) is 0 Å². The van der Waals surface area contributed by atoms with Crippen molar-refractivity contribution in [2.45, 2.75) is 32.4 Å². The molecular weight excluding hydrogens is 204 g/mol. The highest BCUT2D eigenvalue weighted by Gasteiger charge is 2.37. The summed E-state index contributed by atoms with van der Waals surface area (Å²) >= 11 is 4.92. The maximum Gasteiger partial charge on any atom is 0.305 e. The average Bonchev–Trinajstić information content (AvgIpc) is 2.25. The predicted molar refractivity (Wildman–Crippen MR) is 53.8 cm³/mol. The normalized spacial score (nSPS) is 21.6. The van der Waals surface area contributed by atoms with Gasteiger partial charge in [0.15, 0.2) is 5.11 Å². The van der Waals surface area contributed by atoms with Crippen molar-refractivity contribution in [2.24, 2.45) is 0 Å². The van der Waals surface area contributed by atoms with E-state index in [2.05, 4.69) is 5.32 Å². The van der Waals surface area contributed by atoms with Crippen LogP contribution in [0.15, 0.2) is 0 Å². The third kappa shape index (κ3) is 2.01. The zero-order valence-corrected chi connectivity index (χ0v) is 8.80. The third-order valence-corrected chi connectivity index (χ3v) is 2.26. The smallest absolute Gasteiger partial charge is 0.305 e. The molecule has 6 heteroatoms. The van der Waals surface area contributed by atoms with Crippen LogP contribution in [-0.2, 0) is 9.59 Å². The van der Waals surface area contributed by atoms with Crippen LogP contribution in [-0.4, -0.2) is 39.1 Å². The lowest BCUT2D eigenvalue weighted by molar-refractivity contribution is -0.140. The highest BCUT2D eigenvalue weighted by molar-refractivity contribution is 7.80. The van der Waals surface area contributed by atoms with Crippen LogP contribution in [0.2, 0.25) is 0 Å². The molecule has 0 radical (unpaired) electrons. The molecule has 14 heavy (non-hydrogen) atoms. The summed E-state index contributed by atoms with van der Waals surface area (Å²) in [5.74, 6) is -1.27. The Morgan fingerprint density at radius 1 is 1.71 bits per heavy atom. The Morgan fingerprint density at radius 3 is 2.64 bits per heavy atom. The number of amides is 1. The molecule has 0 spiro atoms. The number of rotatable bonds is 3. The summed E-state index contributed by atoms with van der Waals surface area (Å²) in [6.45, 7) is 3.66. The monoisotopic (exact) mass is 216 g/mol. The van der Waals surface area contributed by atoms with E-state index < -0.39 is 12.0 Å². The number of carbonyl (C=O) groups is 2. The van der Waals surface area contributed by atoms with E-state index in [0.29, 0.717) is 5.11 Å². The van der Waals surface area contributed by atoms with Crippen molar-refractivity contribution in [3.63, 3.8) is 0 Å². The van der Waals surface area contributed by atoms with Crippen molar-refractivity contribution in [2.75, 3.05) is 0 Å². The van der Waals surface area contributed by atoms with Crippen LogP contribution in [0.5, 0.6) is 0 Å². The number of aliphatic carboxylic acids is 1. The number of hydrogen-bond donors (Lipinski definition) is 2. The molecule has 0 aromatic heterocycles. The zero-order valence-electron chi connectivity index (χ0n) is 7.98. The molecule has 0 aromatic carbocycles. The molecule has 0 aromatic rings. The lowest BCUT2D eigenvalue weighted by atomic mass is 10.2. The topological polar surface area (TPSA) is 69.6 Å². The standard InChI is InChI=1S/C8H12N2O3S/c1-4(2)10-7(13)5(3-6(11)12)9-8(10)14/h4-5H,3H2,1-2H3,(H,9,14)(H,11,12). The Bertz CT molecular complexity index is 290. The van der Waals surface area contributed by atoms with Gasteiger partial charge in [0.05, 0.1) is 6.42 Å². The van der Waals surface area contributed by atoms with Crippen LogP contribution in [0.25, 0.3) is 0 Å². The first kappa shape index (κ1) is 10.9. The van der Waals surface area contributed by atoms with Crippen molar-refractivity contribution in [3.8, 4) is 0 Å². The summed E-state index contributed by atoms with van der Waals surface area (Å²) in [6.07, 6.45) is -0.234. The molecular formula is C8H12N2O3S. The Morgan fingerprint density at radius 2 is 2.29 bits per heavy atom. The van der Waals surface area contributed by atoms with Gasteiger partial charge in [-0.1, -0.05) is 0 Å². The van der Waals surface area contributed by atoms with E-state index in [1.54, 1.807) is 0 Å². The first-order chi connectivity index (χ1) is 6.43. The quantitative estimate of drug-likeness (QED) is 0.648. The van der Waals surface area contributed by atoms with Gasteiger partial charge < -0.3 is 10.4 Å². The fourth-order valence-corrected chi connectivity index (χ4v) is 1.79. The van der Waals surface area contributed by atoms with Crippen molar-refractivity contribution in [1.82, 2.24) is 10.2 Å². The van der Waals surface area contributed by atoms with Gasteiger partial charge in [-0.05, 0) is 26.1 Å². The van der Waals surface area contributed by atoms with E-state index in [4.69, 9.17) is 17.3 Å². The molecule has 78 valence electrons. The van der Waals surface area contributed by atoms with Gasteiger partial charge in [-0.25, -0.2) is 0 Å². The number of thiocarbonyl (C=S) groups is 1. The van der Waals surface area contributed by atoms with Crippen molar-refractivity contribution >= 4 is 29.2 Å². The van der Waals surface area contributed by atoms with Crippen LogP contribution in [0, 0.1) is 0 Å². The van der Waals surface area contributed by atoms with E-state index in [1.807, 2.05) is 13.8 Å². The molecule has 1 aliphatic heterocycles. The van der Waals surface area contributed by atoms with Crippen LogP contribution >= 0.6 is 12.2 Å². The second-order valence-electron chi connectivity index (χ2n) is 3.40. The van der Waals surface area contributed by atoms with Crippen molar-refractivity contribution < 1.29 is 14.7 Å². The van der Waals surface area contributed by atoms with E-state index in [1.165, 1.54) is 4.90 Å². The van der Waals surface area contributed by atoms with Crippen molar-refractivity contribution in [1.29, 1.82) is 0 Å². The molecule has 5 nitrogen and oxygen atoms in total. The summed E-state index contributed by atoms with van der Waals surface area (Å²) in [5.41, 5.74) is 0. The lowest BCUT2D eigenvalue weighted by Gasteiger charge is -2.18. The second kappa shape index (κ2) is 3.91. The fourth-order valence-electron chi connectivity index (χ4n) is 1.35. The molecule has 0 aliphatic carbocycles. The second-order valence-corrected chi connectivity index (χ2v) is 3.79. The number of nitrogens with zero attached hydrogens (tertiary/aromatic N) is 1. The van der Waals surface area contributed by atoms with Gasteiger partial charge in [0.2, 0.25) is 0 Å². The Labute approximate surface area is 87.1 Å². The Hall–Kier alpha value is -1.17. The maximum atomic E-state index is 11.6. The first-order valence-corrected chi connectivity index (χ1v) is 4.69. The summed E-state index contributed by atoms with van der Waals surface area (Å²) in [4.78, 5) is 23.4. The predicted octanol–water partition coefficient (Wildman–Crippen LogP) is -0.0452. The maximum absolute atomic E-state index is 11.6. The van der Waals surface area contributed by atoms with Crippen LogP contribution in [0.3, 0.4) is 0 Å². The average molecular weight is 216 g/mol. The summed E-state index contributed by atoms with van der Waals surface area (Å²) in [5, 5.41) is 11.6. The summed E-state index contributed by atoms with van der Waals surface area (Å²) < 4.78 is 0.